The summed E-state index contributed by atoms with van der Waals surface area (Å²) < 4.78 is 4.59. The maximum absolute atomic E-state index is 13.6. The molecule has 9 heteroatoms. The van der Waals surface area contributed by atoms with Crippen LogP contribution < -0.4 is 16.4 Å². The molecule has 0 unspecified atom stereocenters. The first-order chi connectivity index (χ1) is 16.3. The largest absolute Gasteiger partial charge is 0.353 e. The van der Waals surface area contributed by atoms with Crippen molar-refractivity contribution in [3.8, 4) is 11.4 Å². The van der Waals surface area contributed by atoms with Gasteiger partial charge in [0.05, 0.1) is 28.0 Å². The van der Waals surface area contributed by atoms with Crippen molar-refractivity contribution >= 4 is 28.6 Å². The highest BCUT2D eigenvalue weighted by Crippen LogP contribution is 2.22. The Morgan fingerprint density at radius 1 is 1.06 bits per heavy atom. The molecule has 0 radical (unpaired) electrons. The summed E-state index contributed by atoms with van der Waals surface area (Å²) in [5, 5.41) is 3.63. The highest BCUT2D eigenvalue weighted by Gasteiger charge is 2.23. The lowest BCUT2D eigenvalue weighted by Crippen LogP contribution is -2.33. The normalized spacial score (nSPS) is 12.1. The van der Waals surface area contributed by atoms with Gasteiger partial charge in [-0.1, -0.05) is 49.0 Å². The number of hydrogen-bond acceptors (Lipinski definition) is 5. The van der Waals surface area contributed by atoms with Crippen molar-refractivity contribution in [2.24, 2.45) is 7.05 Å². The number of carbonyl (C=O) groups is 1. The number of nitrogens with zero attached hydrogens (tertiary/aromatic N) is 4. The molecule has 34 heavy (non-hydrogen) atoms. The van der Waals surface area contributed by atoms with Crippen LogP contribution in [-0.4, -0.2) is 36.6 Å². The Kier molecular flexibility index (Phi) is 6.74. The van der Waals surface area contributed by atoms with Crippen molar-refractivity contribution in [3.63, 3.8) is 0 Å². The number of benzene rings is 2. The van der Waals surface area contributed by atoms with Gasteiger partial charge in [-0.2, -0.15) is 0 Å². The predicted octanol–water partition coefficient (Wildman–Crippen LogP) is 3.19. The fourth-order valence-corrected chi connectivity index (χ4v) is 4.58. The molecule has 8 nitrogen and oxygen atoms in total. The molecule has 2 heterocycles. The van der Waals surface area contributed by atoms with Gasteiger partial charge in [0.1, 0.15) is 5.69 Å². The molecule has 1 atom stereocenters. The number of nitrogens with one attached hydrogen (secondary N) is 1. The van der Waals surface area contributed by atoms with Crippen LogP contribution in [0.2, 0.25) is 0 Å². The van der Waals surface area contributed by atoms with E-state index in [0.29, 0.717) is 27.4 Å². The van der Waals surface area contributed by atoms with Crippen LogP contribution in [0.15, 0.2) is 69.3 Å². The maximum atomic E-state index is 13.6. The first-order valence-electron chi connectivity index (χ1n) is 11.1. The van der Waals surface area contributed by atoms with E-state index in [1.54, 1.807) is 42.9 Å². The lowest BCUT2D eigenvalue weighted by atomic mass is 10.2. The molecule has 176 valence electrons. The molecule has 0 aliphatic carbocycles. The number of hydrogen-bond donors (Lipinski definition) is 1. The average Bonchev–Trinajstić information content (AvgIpc) is 3.06. The molecule has 0 fully saturated rings. The first-order valence-corrected chi connectivity index (χ1v) is 12.1. The Morgan fingerprint density at radius 2 is 1.74 bits per heavy atom. The molecule has 0 saturated heterocycles. The molecule has 0 aliphatic rings. The molecule has 0 aliphatic heterocycles. The number of thioether (sulfide) groups is 1. The summed E-state index contributed by atoms with van der Waals surface area (Å²) in [6.45, 7) is 5.73. The minimum Gasteiger partial charge on any atom is -0.353 e. The highest BCUT2D eigenvalue weighted by molar-refractivity contribution is 7.99. The van der Waals surface area contributed by atoms with Crippen molar-refractivity contribution in [1.82, 2.24) is 24.2 Å². The third-order valence-corrected chi connectivity index (χ3v) is 6.78. The van der Waals surface area contributed by atoms with Crippen LogP contribution in [0.5, 0.6) is 0 Å². The van der Waals surface area contributed by atoms with Gasteiger partial charge < -0.3 is 5.32 Å². The second kappa shape index (κ2) is 9.72. The van der Waals surface area contributed by atoms with E-state index in [0.717, 1.165) is 18.2 Å². The van der Waals surface area contributed by atoms with Crippen LogP contribution in [0.1, 0.15) is 26.0 Å². The fraction of sp³-hybridized carbons (Fsp3) is 0.280. The van der Waals surface area contributed by atoms with E-state index in [9.17, 15) is 14.4 Å². The third kappa shape index (κ3) is 4.31. The summed E-state index contributed by atoms with van der Waals surface area (Å²) in [5.41, 5.74) is 1.36. The van der Waals surface area contributed by atoms with Gasteiger partial charge in [-0.05, 0) is 44.5 Å². The summed E-state index contributed by atoms with van der Waals surface area (Å²) in [4.78, 5) is 44.4. The van der Waals surface area contributed by atoms with Gasteiger partial charge in [0.2, 0.25) is 5.91 Å². The summed E-state index contributed by atoms with van der Waals surface area (Å²) in [6, 6.07) is 16.3. The van der Waals surface area contributed by atoms with Crippen molar-refractivity contribution in [2.45, 2.75) is 38.4 Å². The van der Waals surface area contributed by atoms with Crippen LogP contribution in [0.25, 0.3) is 22.3 Å². The quantitative estimate of drug-likeness (QED) is 0.326. The summed E-state index contributed by atoms with van der Waals surface area (Å²) in [7, 11) is 1.78. The fourth-order valence-electron chi connectivity index (χ4n) is 3.77. The van der Waals surface area contributed by atoms with E-state index < -0.39 is 0 Å². The van der Waals surface area contributed by atoms with Gasteiger partial charge in [-0.15, -0.1) is 0 Å². The van der Waals surface area contributed by atoms with Gasteiger partial charge in [0, 0.05) is 13.1 Å². The van der Waals surface area contributed by atoms with Crippen LogP contribution in [0.4, 0.5) is 0 Å². The molecule has 2 aromatic heterocycles. The zero-order valence-corrected chi connectivity index (χ0v) is 20.4. The topological polar surface area (TPSA) is 90.9 Å². The van der Waals surface area contributed by atoms with E-state index in [2.05, 4.69) is 10.3 Å². The number of aromatic nitrogens is 4. The number of rotatable bonds is 7. The van der Waals surface area contributed by atoms with Crippen molar-refractivity contribution in [3.05, 3.63) is 81.0 Å². The van der Waals surface area contributed by atoms with Gasteiger partial charge in [0.15, 0.2) is 5.16 Å². The average molecular weight is 478 g/mol. The van der Waals surface area contributed by atoms with Gasteiger partial charge in [-0.25, -0.2) is 14.2 Å². The van der Waals surface area contributed by atoms with E-state index in [1.165, 1.54) is 9.25 Å². The minimum absolute atomic E-state index is 0.0503. The Morgan fingerprint density at radius 3 is 2.44 bits per heavy atom. The molecule has 0 spiro atoms. The lowest BCUT2D eigenvalue weighted by molar-refractivity contribution is -0.119. The molecule has 0 bridgehead atoms. The van der Waals surface area contributed by atoms with Crippen LogP contribution in [-0.2, 0) is 11.8 Å². The van der Waals surface area contributed by atoms with Crippen LogP contribution in [0, 0.1) is 6.92 Å². The lowest BCUT2D eigenvalue weighted by Gasteiger charge is -2.14. The van der Waals surface area contributed by atoms with Crippen LogP contribution in [0.3, 0.4) is 0 Å². The number of amides is 1. The van der Waals surface area contributed by atoms with E-state index in [1.807, 2.05) is 44.2 Å². The Balaban J connectivity index is 1.90. The molecule has 4 rings (SSSR count). The van der Waals surface area contributed by atoms with Gasteiger partial charge in [0.25, 0.3) is 11.1 Å². The number of carbonyl (C=O) groups excluding carboxylic acids is 1. The second-order valence-corrected chi connectivity index (χ2v) is 9.07. The minimum atomic E-state index is -0.346. The number of para-hydroxylation sites is 2. The van der Waals surface area contributed by atoms with Crippen molar-refractivity contribution in [2.75, 3.05) is 5.75 Å². The van der Waals surface area contributed by atoms with Crippen molar-refractivity contribution < 1.29 is 4.79 Å². The SMILES string of the molecule is CC[C@@H](C)NC(=O)CSc1nc2ccccc2c(=O)n1-c1c(C)n(C)n(-c2ccccc2)c1=O. The van der Waals surface area contributed by atoms with E-state index in [-0.39, 0.29) is 34.5 Å². The molecule has 2 aromatic carbocycles. The maximum Gasteiger partial charge on any atom is 0.296 e. The Bertz CT molecular complexity index is 1470. The standard InChI is InChI=1S/C25H27N5O3S/c1-5-16(2)26-21(31)15-34-25-27-20-14-10-9-13-19(20)23(32)29(25)22-17(3)28(4)30(24(22)33)18-11-7-6-8-12-18/h6-14,16H,5,15H2,1-4H3,(H,26,31)/t16-/m1/s1. The third-order valence-electron chi connectivity index (χ3n) is 5.84. The highest BCUT2D eigenvalue weighted by atomic mass is 32.2. The van der Waals surface area contributed by atoms with Crippen molar-refractivity contribution in [1.29, 1.82) is 0 Å². The van der Waals surface area contributed by atoms with Gasteiger partial charge in [-0.3, -0.25) is 19.1 Å². The van der Waals surface area contributed by atoms with Crippen LogP contribution >= 0.6 is 11.8 Å². The second-order valence-electron chi connectivity index (χ2n) is 8.13. The Hall–Kier alpha value is -3.59. The smallest absolute Gasteiger partial charge is 0.296 e. The van der Waals surface area contributed by atoms with E-state index in [4.69, 9.17) is 0 Å². The molecular formula is C25H27N5O3S. The zero-order valence-electron chi connectivity index (χ0n) is 19.6. The molecule has 0 saturated carbocycles. The molecular weight excluding hydrogens is 450 g/mol. The Labute approximate surface area is 201 Å². The summed E-state index contributed by atoms with van der Waals surface area (Å²) >= 11 is 1.14. The zero-order chi connectivity index (χ0) is 24.4. The summed E-state index contributed by atoms with van der Waals surface area (Å²) in [5.74, 6) is -0.0757. The van der Waals surface area contributed by atoms with Gasteiger partial charge >= 0.3 is 0 Å². The molecule has 1 N–H and O–H groups in total. The molecule has 4 aromatic rings. The molecule has 1 amide bonds. The van der Waals surface area contributed by atoms with E-state index >= 15 is 0 Å². The summed E-state index contributed by atoms with van der Waals surface area (Å²) in [6.07, 6.45) is 0.817. The number of fused-ring (bicyclic) bond motifs is 1. The predicted molar refractivity (Wildman–Crippen MR) is 135 cm³/mol. The monoisotopic (exact) mass is 477 g/mol. The first kappa shape index (κ1) is 23.6.